The van der Waals surface area contributed by atoms with E-state index in [9.17, 15) is 22.4 Å². The van der Waals surface area contributed by atoms with E-state index in [0.717, 1.165) is 6.26 Å². The molecule has 2 aromatic carbocycles. The Bertz CT molecular complexity index is 1380. The third-order valence-electron chi connectivity index (χ3n) is 4.52. The molecule has 0 unspecified atom stereocenters. The first-order chi connectivity index (χ1) is 15.8. The topological polar surface area (TPSA) is 115 Å². The highest BCUT2D eigenvalue weighted by molar-refractivity contribution is 7.92. The van der Waals surface area contributed by atoms with Crippen LogP contribution in [-0.4, -0.2) is 39.2 Å². The molecule has 0 radical (unpaired) electrons. The Morgan fingerprint density at radius 2 is 1.76 bits per heavy atom. The Morgan fingerprint density at radius 1 is 1.12 bits per heavy atom. The molecule has 0 aliphatic carbocycles. The molecular weight excluding hydrogens is 463 g/mol. The first-order valence-electron chi connectivity index (χ1n) is 10.2. The van der Waals surface area contributed by atoms with Gasteiger partial charge in [-0.2, -0.15) is 0 Å². The molecule has 34 heavy (non-hydrogen) atoms. The van der Waals surface area contributed by atoms with E-state index in [2.05, 4.69) is 10.0 Å². The van der Waals surface area contributed by atoms with E-state index in [1.807, 2.05) is 0 Å². The number of anilines is 1. The molecule has 0 saturated heterocycles. The van der Waals surface area contributed by atoms with Crippen molar-refractivity contribution in [2.24, 2.45) is 0 Å². The molecule has 3 aromatic rings. The number of hydrogen-bond donors (Lipinski definition) is 2. The normalized spacial score (nSPS) is 12.2. The maximum atomic E-state index is 13.4. The number of sulfonamides is 1. The first-order valence-corrected chi connectivity index (χ1v) is 12.1. The van der Waals surface area contributed by atoms with Crippen LogP contribution in [0.3, 0.4) is 0 Å². The molecule has 1 aromatic heterocycles. The Kier molecular flexibility index (Phi) is 6.83. The second-order valence-electron chi connectivity index (χ2n) is 8.57. The van der Waals surface area contributed by atoms with Gasteiger partial charge in [-0.25, -0.2) is 17.6 Å². The lowest BCUT2D eigenvalue weighted by molar-refractivity contribution is -0.148. The van der Waals surface area contributed by atoms with Crippen molar-refractivity contribution in [1.82, 2.24) is 5.32 Å². The SMILES string of the molecule is CNC(=O)c1c(-c2ccc(F)cc2)oc2cc(NS(C)(=O)=O)c(/C=C/C(=O)OC(C)(C)C)cc12. The number of carbonyl (C=O) groups excluding carboxylic acids is 2. The van der Waals surface area contributed by atoms with Crippen molar-refractivity contribution in [2.75, 3.05) is 18.0 Å². The van der Waals surface area contributed by atoms with Crippen LogP contribution in [0.15, 0.2) is 46.9 Å². The van der Waals surface area contributed by atoms with E-state index in [0.29, 0.717) is 16.5 Å². The summed E-state index contributed by atoms with van der Waals surface area (Å²) in [5.41, 5.74) is 0.596. The van der Waals surface area contributed by atoms with Crippen LogP contribution in [0.25, 0.3) is 28.4 Å². The summed E-state index contributed by atoms with van der Waals surface area (Å²) in [5, 5.41) is 2.93. The van der Waals surface area contributed by atoms with Crippen molar-refractivity contribution >= 4 is 44.6 Å². The van der Waals surface area contributed by atoms with E-state index in [-0.39, 0.29) is 22.6 Å². The average molecular weight is 489 g/mol. The number of fused-ring (bicyclic) bond motifs is 1. The number of halogens is 1. The Morgan fingerprint density at radius 3 is 2.32 bits per heavy atom. The van der Waals surface area contributed by atoms with Crippen LogP contribution in [0.4, 0.5) is 10.1 Å². The Hall–Kier alpha value is -3.66. The minimum atomic E-state index is -3.68. The second kappa shape index (κ2) is 9.30. The van der Waals surface area contributed by atoms with Gasteiger partial charge in [0.05, 0.1) is 17.5 Å². The monoisotopic (exact) mass is 488 g/mol. The molecule has 1 amide bonds. The molecular formula is C24H25FN2O6S. The van der Waals surface area contributed by atoms with E-state index in [1.165, 1.54) is 55.6 Å². The number of ether oxygens (including phenoxy) is 1. The van der Waals surface area contributed by atoms with E-state index < -0.39 is 33.3 Å². The van der Waals surface area contributed by atoms with Crippen molar-refractivity contribution in [3.05, 3.63) is 59.4 Å². The highest BCUT2D eigenvalue weighted by Gasteiger charge is 2.23. The van der Waals surface area contributed by atoms with Crippen molar-refractivity contribution in [3.8, 4) is 11.3 Å². The van der Waals surface area contributed by atoms with Crippen LogP contribution in [-0.2, 0) is 19.6 Å². The predicted octanol–water partition coefficient (Wildman–Crippen LogP) is 4.32. The fraction of sp³-hybridized carbons (Fsp3) is 0.250. The summed E-state index contributed by atoms with van der Waals surface area (Å²) in [6.07, 6.45) is 3.54. The molecule has 0 aliphatic rings. The standard InChI is InChI=1S/C24H25FN2O6S/c1-24(2,3)33-20(28)11-8-15-12-17-19(13-18(15)27-34(5,30)31)32-22(21(17)23(29)26-4)14-6-9-16(25)10-7-14/h6-13,27H,1-5H3,(H,26,29)/b11-8+. The van der Waals surface area contributed by atoms with Gasteiger partial charge in [-0.15, -0.1) is 0 Å². The van der Waals surface area contributed by atoms with Crippen LogP contribution in [0.5, 0.6) is 0 Å². The van der Waals surface area contributed by atoms with Gasteiger partial charge >= 0.3 is 5.97 Å². The van der Waals surface area contributed by atoms with E-state index in [1.54, 1.807) is 20.8 Å². The van der Waals surface area contributed by atoms with Gasteiger partial charge in [-0.05, 0) is 62.7 Å². The van der Waals surface area contributed by atoms with Gasteiger partial charge in [0, 0.05) is 30.1 Å². The number of amides is 1. The van der Waals surface area contributed by atoms with Crippen molar-refractivity contribution in [3.63, 3.8) is 0 Å². The van der Waals surface area contributed by atoms with Crippen molar-refractivity contribution < 1.29 is 31.6 Å². The summed E-state index contributed by atoms with van der Waals surface area (Å²) in [4.78, 5) is 24.9. The zero-order valence-electron chi connectivity index (χ0n) is 19.4. The first kappa shape index (κ1) is 25.0. The quantitative estimate of drug-likeness (QED) is 0.394. The molecule has 2 N–H and O–H groups in total. The lowest BCUT2D eigenvalue weighted by Gasteiger charge is -2.18. The molecule has 180 valence electrons. The number of furan rings is 1. The minimum Gasteiger partial charge on any atom is -0.457 e. The summed E-state index contributed by atoms with van der Waals surface area (Å²) in [5.74, 6) is -1.34. The summed E-state index contributed by atoms with van der Waals surface area (Å²) >= 11 is 0. The lowest BCUT2D eigenvalue weighted by atomic mass is 10.0. The zero-order chi connectivity index (χ0) is 25.3. The molecule has 0 atom stereocenters. The maximum Gasteiger partial charge on any atom is 0.331 e. The van der Waals surface area contributed by atoms with Crippen LogP contribution >= 0.6 is 0 Å². The summed E-state index contributed by atoms with van der Waals surface area (Å²) in [7, 11) is -2.22. The van der Waals surface area contributed by atoms with Crippen LogP contribution in [0, 0.1) is 5.82 Å². The molecule has 0 spiro atoms. The fourth-order valence-electron chi connectivity index (χ4n) is 3.23. The van der Waals surface area contributed by atoms with E-state index in [4.69, 9.17) is 9.15 Å². The van der Waals surface area contributed by atoms with Crippen LogP contribution < -0.4 is 10.0 Å². The minimum absolute atomic E-state index is 0.137. The van der Waals surface area contributed by atoms with Crippen molar-refractivity contribution in [1.29, 1.82) is 0 Å². The summed E-state index contributed by atoms with van der Waals surface area (Å²) in [6, 6.07) is 8.37. The third-order valence-corrected chi connectivity index (χ3v) is 5.11. The molecule has 1 heterocycles. The van der Waals surface area contributed by atoms with Gasteiger partial charge < -0.3 is 14.5 Å². The average Bonchev–Trinajstić information content (AvgIpc) is 3.07. The predicted molar refractivity (Wildman–Crippen MR) is 128 cm³/mol. The Balaban J connectivity index is 2.23. The highest BCUT2D eigenvalue weighted by Crippen LogP contribution is 2.37. The summed E-state index contributed by atoms with van der Waals surface area (Å²) in [6.45, 7) is 5.17. The van der Waals surface area contributed by atoms with Gasteiger partial charge in [0.2, 0.25) is 10.0 Å². The maximum absolute atomic E-state index is 13.4. The van der Waals surface area contributed by atoms with Crippen LogP contribution in [0.2, 0.25) is 0 Å². The molecule has 0 bridgehead atoms. The van der Waals surface area contributed by atoms with E-state index >= 15 is 0 Å². The largest absolute Gasteiger partial charge is 0.457 e. The van der Waals surface area contributed by atoms with Gasteiger partial charge in [-0.3, -0.25) is 9.52 Å². The summed E-state index contributed by atoms with van der Waals surface area (Å²) < 4.78 is 50.9. The molecule has 8 nitrogen and oxygen atoms in total. The third kappa shape index (κ3) is 6.02. The smallest absolute Gasteiger partial charge is 0.331 e. The number of nitrogens with one attached hydrogen (secondary N) is 2. The fourth-order valence-corrected chi connectivity index (χ4v) is 3.81. The zero-order valence-corrected chi connectivity index (χ0v) is 20.2. The number of hydrogen-bond acceptors (Lipinski definition) is 6. The molecule has 10 heteroatoms. The lowest BCUT2D eigenvalue weighted by Crippen LogP contribution is -2.22. The number of rotatable bonds is 6. The number of benzene rings is 2. The van der Waals surface area contributed by atoms with Gasteiger partial charge in [0.15, 0.2) is 0 Å². The van der Waals surface area contributed by atoms with Crippen molar-refractivity contribution in [2.45, 2.75) is 26.4 Å². The number of esters is 1. The van der Waals surface area contributed by atoms with Gasteiger partial charge in [0.25, 0.3) is 5.91 Å². The van der Waals surface area contributed by atoms with Gasteiger partial charge in [-0.1, -0.05) is 0 Å². The Labute approximate surface area is 196 Å². The van der Waals surface area contributed by atoms with Gasteiger partial charge in [0.1, 0.15) is 22.8 Å². The van der Waals surface area contributed by atoms with Crippen LogP contribution in [0.1, 0.15) is 36.7 Å². The molecule has 0 aliphatic heterocycles. The molecule has 0 saturated carbocycles. The highest BCUT2D eigenvalue weighted by atomic mass is 32.2. The molecule has 3 rings (SSSR count). The second-order valence-corrected chi connectivity index (χ2v) is 10.3. The molecule has 0 fully saturated rings. The number of carbonyl (C=O) groups is 2.